The molecule has 1 aromatic rings. The van der Waals surface area contributed by atoms with Gasteiger partial charge in [0.1, 0.15) is 0 Å². The van der Waals surface area contributed by atoms with Crippen LogP contribution in [0.5, 0.6) is 0 Å². The molecule has 8 heteroatoms. The van der Waals surface area contributed by atoms with Gasteiger partial charge in [-0.2, -0.15) is 4.31 Å². The number of benzene rings is 1. The molecule has 1 amide bonds. The Bertz CT molecular complexity index is 628. The summed E-state index contributed by atoms with van der Waals surface area (Å²) in [5.41, 5.74) is 0.464. The van der Waals surface area contributed by atoms with Crippen molar-refractivity contribution in [1.82, 2.24) is 14.5 Å². The van der Waals surface area contributed by atoms with Crippen molar-refractivity contribution >= 4 is 27.5 Å². The normalized spacial score (nSPS) is 17.4. The minimum atomic E-state index is -3.10. The Kier molecular flexibility index (Phi) is 5.80. The lowest BCUT2D eigenvalue weighted by Crippen LogP contribution is -2.49. The molecule has 1 aromatic carbocycles. The van der Waals surface area contributed by atoms with E-state index in [4.69, 9.17) is 11.6 Å². The molecule has 0 atom stereocenters. The Morgan fingerprint density at radius 3 is 2.45 bits per heavy atom. The van der Waals surface area contributed by atoms with Gasteiger partial charge in [0.25, 0.3) is 5.91 Å². The van der Waals surface area contributed by atoms with E-state index >= 15 is 0 Å². The number of halogens is 1. The molecule has 0 spiro atoms. The summed E-state index contributed by atoms with van der Waals surface area (Å²) in [7, 11) is -3.10. The van der Waals surface area contributed by atoms with Crippen LogP contribution in [0, 0.1) is 0 Å². The Balaban J connectivity index is 1.74. The van der Waals surface area contributed by atoms with E-state index in [1.54, 1.807) is 24.3 Å². The molecule has 0 aromatic heterocycles. The van der Waals surface area contributed by atoms with Gasteiger partial charge in [0.05, 0.1) is 16.8 Å². The molecular formula is C14H20ClN3O3S. The van der Waals surface area contributed by atoms with Crippen LogP contribution in [-0.4, -0.2) is 69.1 Å². The Hall–Kier alpha value is -1.15. The molecule has 1 saturated heterocycles. The average Bonchev–Trinajstić information content (AvgIpc) is 2.47. The monoisotopic (exact) mass is 345 g/mol. The Morgan fingerprint density at radius 2 is 1.86 bits per heavy atom. The maximum absolute atomic E-state index is 12.0. The summed E-state index contributed by atoms with van der Waals surface area (Å²) < 4.78 is 24.3. The van der Waals surface area contributed by atoms with Crippen LogP contribution < -0.4 is 5.32 Å². The van der Waals surface area contributed by atoms with Crippen molar-refractivity contribution in [3.8, 4) is 0 Å². The van der Waals surface area contributed by atoms with E-state index in [-0.39, 0.29) is 5.91 Å². The predicted molar refractivity (Wildman–Crippen MR) is 86.6 cm³/mol. The number of carbonyl (C=O) groups excluding carboxylic acids is 1. The average molecular weight is 346 g/mol. The lowest BCUT2D eigenvalue weighted by atomic mass is 10.2. The van der Waals surface area contributed by atoms with Crippen LogP contribution in [0.4, 0.5) is 0 Å². The van der Waals surface area contributed by atoms with Gasteiger partial charge in [0.15, 0.2) is 0 Å². The summed E-state index contributed by atoms with van der Waals surface area (Å²) in [5, 5.41) is 3.26. The summed E-state index contributed by atoms with van der Waals surface area (Å²) in [6.45, 7) is 3.54. The van der Waals surface area contributed by atoms with Gasteiger partial charge in [-0.05, 0) is 12.1 Å². The van der Waals surface area contributed by atoms with Crippen molar-refractivity contribution in [2.45, 2.75) is 0 Å². The molecule has 6 nitrogen and oxygen atoms in total. The highest BCUT2D eigenvalue weighted by Crippen LogP contribution is 2.14. The highest BCUT2D eigenvalue weighted by Gasteiger charge is 2.23. The van der Waals surface area contributed by atoms with Crippen LogP contribution in [0.15, 0.2) is 24.3 Å². The minimum Gasteiger partial charge on any atom is -0.351 e. The van der Waals surface area contributed by atoms with Crippen molar-refractivity contribution in [1.29, 1.82) is 0 Å². The number of sulfonamides is 1. The fraction of sp³-hybridized carbons (Fsp3) is 0.500. The summed E-state index contributed by atoms with van der Waals surface area (Å²) >= 11 is 5.97. The van der Waals surface area contributed by atoms with E-state index in [9.17, 15) is 13.2 Å². The smallest absolute Gasteiger partial charge is 0.252 e. The third kappa shape index (κ3) is 4.67. The molecule has 22 heavy (non-hydrogen) atoms. The molecule has 1 aliphatic heterocycles. The fourth-order valence-corrected chi connectivity index (χ4v) is 3.40. The van der Waals surface area contributed by atoms with Gasteiger partial charge in [0, 0.05) is 39.3 Å². The number of hydrogen-bond donors (Lipinski definition) is 1. The second-order valence-corrected chi connectivity index (χ2v) is 7.63. The van der Waals surface area contributed by atoms with Crippen molar-refractivity contribution in [3.63, 3.8) is 0 Å². The number of nitrogens with zero attached hydrogens (tertiary/aromatic N) is 2. The summed E-state index contributed by atoms with van der Waals surface area (Å²) in [6.07, 6.45) is 1.23. The van der Waals surface area contributed by atoms with Crippen molar-refractivity contribution in [2.24, 2.45) is 0 Å². The first-order valence-electron chi connectivity index (χ1n) is 7.08. The van der Waals surface area contributed by atoms with E-state index in [0.29, 0.717) is 49.9 Å². The highest BCUT2D eigenvalue weighted by atomic mass is 35.5. The van der Waals surface area contributed by atoms with Gasteiger partial charge in [-0.3, -0.25) is 9.69 Å². The van der Waals surface area contributed by atoms with Gasteiger partial charge in [-0.1, -0.05) is 23.7 Å². The van der Waals surface area contributed by atoms with Gasteiger partial charge < -0.3 is 5.32 Å². The van der Waals surface area contributed by atoms with Gasteiger partial charge in [-0.25, -0.2) is 8.42 Å². The van der Waals surface area contributed by atoms with Crippen LogP contribution in [0.3, 0.4) is 0 Å². The number of nitrogens with one attached hydrogen (secondary N) is 1. The lowest BCUT2D eigenvalue weighted by molar-refractivity contribution is 0.0945. The first kappa shape index (κ1) is 17.2. The van der Waals surface area contributed by atoms with Crippen LogP contribution in [0.1, 0.15) is 10.4 Å². The molecule has 122 valence electrons. The van der Waals surface area contributed by atoms with Gasteiger partial charge in [0.2, 0.25) is 10.0 Å². The SMILES string of the molecule is CS(=O)(=O)N1CCN(CCNC(=O)c2ccccc2Cl)CC1. The van der Waals surface area contributed by atoms with Crippen molar-refractivity contribution < 1.29 is 13.2 Å². The molecule has 0 aliphatic carbocycles. The zero-order valence-electron chi connectivity index (χ0n) is 12.5. The second kappa shape index (κ2) is 7.41. The summed E-state index contributed by atoms with van der Waals surface area (Å²) in [6, 6.07) is 6.91. The molecule has 1 fully saturated rings. The largest absolute Gasteiger partial charge is 0.351 e. The van der Waals surface area contributed by atoms with E-state index in [1.165, 1.54) is 10.6 Å². The molecule has 1 N–H and O–H groups in total. The zero-order chi connectivity index (χ0) is 16.2. The maximum atomic E-state index is 12.0. The van der Waals surface area contributed by atoms with Gasteiger partial charge in [-0.15, -0.1) is 0 Å². The van der Waals surface area contributed by atoms with Crippen molar-refractivity contribution in [2.75, 3.05) is 45.5 Å². The maximum Gasteiger partial charge on any atom is 0.252 e. The first-order chi connectivity index (χ1) is 10.4. The molecule has 1 heterocycles. The van der Waals surface area contributed by atoms with Crippen LogP contribution in [-0.2, 0) is 10.0 Å². The molecule has 0 bridgehead atoms. The molecule has 0 saturated carbocycles. The fourth-order valence-electron chi connectivity index (χ4n) is 2.35. The Labute approximate surface area is 136 Å². The van der Waals surface area contributed by atoms with Gasteiger partial charge >= 0.3 is 0 Å². The van der Waals surface area contributed by atoms with Crippen LogP contribution in [0.2, 0.25) is 5.02 Å². The number of piperazine rings is 1. The molecule has 0 radical (unpaired) electrons. The Morgan fingerprint density at radius 1 is 1.23 bits per heavy atom. The molecule has 2 rings (SSSR count). The van der Waals surface area contributed by atoms with Crippen LogP contribution >= 0.6 is 11.6 Å². The molecule has 1 aliphatic rings. The second-order valence-electron chi connectivity index (χ2n) is 5.24. The van der Waals surface area contributed by atoms with Crippen LogP contribution in [0.25, 0.3) is 0 Å². The summed E-state index contributed by atoms with van der Waals surface area (Å²) in [5.74, 6) is -0.194. The van der Waals surface area contributed by atoms with Crippen molar-refractivity contribution in [3.05, 3.63) is 34.9 Å². The molecule has 0 unspecified atom stereocenters. The topological polar surface area (TPSA) is 69.7 Å². The molecular weight excluding hydrogens is 326 g/mol. The minimum absolute atomic E-state index is 0.194. The van der Waals surface area contributed by atoms with E-state index in [1.807, 2.05) is 0 Å². The third-order valence-electron chi connectivity index (χ3n) is 3.63. The standard InChI is InChI=1S/C14H20ClN3O3S/c1-22(20,21)18-10-8-17(9-11-18)7-6-16-14(19)12-4-2-3-5-13(12)15/h2-5H,6-11H2,1H3,(H,16,19). The van der Waals surface area contributed by atoms with E-state index < -0.39 is 10.0 Å². The number of carbonyl (C=O) groups is 1. The number of hydrogen-bond acceptors (Lipinski definition) is 4. The number of rotatable bonds is 5. The number of amides is 1. The quantitative estimate of drug-likeness (QED) is 0.850. The first-order valence-corrected chi connectivity index (χ1v) is 9.31. The third-order valence-corrected chi connectivity index (χ3v) is 5.27. The summed E-state index contributed by atoms with van der Waals surface area (Å²) in [4.78, 5) is 14.1. The zero-order valence-corrected chi connectivity index (χ0v) is 14.0. The van der Waals surface area contributed by atoms with E-state index in [2.05, 4.69) is 10.2 Å². The predicted octanol–water partition coefficient (Wildman–Crippen LogP) is 0.647. The highest BCUT2D eigenvalue weighted by molar-refractivity contribution is 7.88. The van der Waals surface area contributed by atoms with E-state index in [0.717, 1.165) is 0 Å². The lowest BCUT2D eigenvalue weighted by Gasteiger charge is -2.33.